The Morgan fingerprint density at radius 3 is 2.71 bits per heavy atom. The minimum atomic E-state index is -0.401. The van der Waals surface area contributed by atoms with Crippen molar-refractivity contribution in [2.75, 3.05) is 6.54 Å². The van der Waals surface area contributed by atoms with Crippen LogP contribution in [0.1, 0.15) is 51.1 Å². The second kappa shape index (κ2) is 7.28. The third-order valence-electron chi connectivity index (χ3n) is 2.94. The Hall–Kier alpha value is -1.09. The molecule has 0 amide bonds. The van der Waals surface area contributed by atoms with Gasteiger partial charge in [0.05, 0.1) is 0 Å². The average molecular weight is 239 g/mol. The molecule has 0 aliphatic rings. The standard InChI is InChI=1S/C14H22FNO/c1-3-4-5-6-9-16-11(2)13-8-7-12(15)10-14(13)17/h7-8,10-11,16-17H,3-6,9H2,1-2H3. The van der Waals surface area contributed by atoms with Crippen LogP contribution in [0.4, 0.5) is 4.39 Å². The molecule has 0 radical (unpaired) electrons. The van der Waals surface area contributed by atoms with Crippen molar-refractivity contribution in [2.24, 2.45) is 0 Å². The lowest BCUT2D eigenvalue weighted by Crippen LogP contribution is -2.19. The lowest BCUT2D eigenvalue weighted by atomic mass is 10.1. The van der Waals surface area contributed by atoms with Crippen molar-refractivity contribution in [1.82, 2.24) is 5.32 Å². The van der Waals surface area contributed by atoms with E-state index in [-0.39, 0.29) is 11.8 Å². The summed E-state index contributed by atoms with van der Waals surface area (Å²) in [6, 6.07) is 4.22. The van der Waals surface area contributed by atoms with Crippen LogP contribution >= 0.6 is 0 Å². The van der Waals surface area contributed by atoms with E-state index >= 15 is 0 Å². The highest BCUT2D eigenvalue weighted by atomic mass is 19.1. The zero-order chi connectivity index (χ0) is 12.7. The van der Waals surface area contributed by atoms with Crippen LogP contribution in [0.15, 0.2) is 18.2 Å². The van der Waals surface area contributed by atoms with Crippen LogP contribution in [0.2, 0.25) is 0 Å². The summed E-state index contributed by atoms with van der Waals surface area (Å²) in [6.07, 6.45) is 4.86. The first-order valence-corrected chi connectivity index (χ1v) is 6.37. The third-order valence-corrected chi connectivity index (χ3v) is 2.94. The average Bonchev–Trinajstić information content (AvgIpc) is 2.28. The molecule has 2 nitrogen and oxygen atoms in total. The molecule has 3 heteroatoms. The molecule has 0 aromatic heterocycles. The highest BCUT2D eigenvalue weighted by Crippen LogP contribution is 2.24. The van der Waals surface area contributed by atoms with Crippen LogP contribution in [-0.4, -0.2) is 11.7 Å². The maximum Gasteiger partial charge on any atom is 0.126 e. The zero-order valence-corrected chi connectivity index (χ0v) is 10.7. The zero-order valence-electron chi connectivity index (χ0n) is 10.7. The Kier molecular flexibility index (Phi) is 5.98. The topological polar surface area (TPSA) is 32.3 Å². The van der Waals surface area contributed by atoms with Gasteiger partial charge in [-0.2, -0.15) is 0 Å². The molecule has 1 aromatic carbocycles. The van der Waals surface area contributed by atoms with Crippen LogP contribution in [0.5, 0.6) is 5.75 Å². The number of phenols is 1. The van der Waals surface area contributed by atoms with E-state index in [1.54, 1.807) is 6.07 Å². The smallest absolute Gasteiger partial charge is 0.126 e. The number of hydrogen-bond donors (Lipinski definition) is 2. The molecular weight excluding hydrogens is 217 g/mol. The minimum Gasteiger partial charge on any atom is -0.508 e. The van der Waals surface area contributed by atoms with Crippen LogP contribution in [0.3, 0.4) is 0 Å². The van der Waals surface area contributed by atoms with Gasteiger partial charge in [-0.15, -0.1) is 0 Å². The number of rotatable bonds is 7. The van der Waals surface area contributed by atoms with E-state index in [0.29, 0.717) is 0 Å². The van der Waals surface area contributed by atoms with E-state index in [4.69, 9.17) is 0 Å². The summed E-state index contributed by atoms with van der Waals surface area (Å²) in [6.45, 7) is 5.09. The first-order valence-electron chi connectivity index (χ1n) is 6.37. The molecule has 0 bridgehead atoms. The van der Waals surface area contributed by atoms with Crippen molar-refractivity contribution < 1.29 is 9.50 Å². The van der Waals surface area contributed by atoms with Crippen molar-refractivity contribution >= 4 is 0 Å². The molecule has 1 unspecified atom stereocenters. The van der Waals surface area contributed by atoms with Gasteiger partial charge in [-0.05, 0) is 26.0 Å². The summed E-state index contributed by atoms with van der Waals surface area (Å²) in [5.41, 5.74) is 0.752. The summed E-state index contributed by atoms with van der Waals surface area (Å²) in [5.74, 6) is -0.375. The molecule has 1 rings (SSSR count). The molecular formula is C14H22FNO. The van der Waals surface area contributed by atoms with Crippen molar-refractivity contribution in [3.8, 4) is 5.75 Å². The quantitative estimate of drug-likeness (QED) is 0.710. The number of unbranched alkanes of at least 4 members (excludes halogenated alkanes) is 3. The van der Waals surface area contributed by atoms with E-state index in [1.165, 1.54) is 25.3 Å². The van der Waals surface area contributed by atoms with Crippen molar-refractivity contribution in [3.05, 3.63) is 29.6 Å². The number of phenolic OH excluding ortho intramolecular Hbond substituents is 1. The van der Waals surface area contributed by atoms with Crippen molar-refractivity contribution in [3.63, 3.8) is 0 Å². The van der Waals surface area contributed by atoms with E-state index in [2.05, 4.69) is 12.2 Å². The predicted molar refractivity (Wildman–Crippen MR) is 68.6 cm³/mol. The molecule has 0 saturated heterocycles. The SMILES string of the molecule is CCCCCCNC(C)c1ccc(F)cc1O. The first kappa shape index (κ1) is 14.0. The molecule has 1 atom stereocenters. The van der Waals surface area contributed by atoms with Crippen molar-refractivity contribution in [2.45, 2.75) is 45.6 Å². The molecule has 0 saturated carbocycles. The van der Waals surface area contributed by atoms with Crippen LogP contribution in [0.25, 0.3) is 0 Å². The Bertz CT molecular complexity index is 341. The Labute approximate surface area is 103 Å². The van der Waals surface area contributed by atoms with E-state index < -0.39 is 5.82 Å². The molecule has 0 fully saturated rings. The second-order valence-corrected chi connectivity index (χ2v) is 4.44. The normalized spacial score (nSPS) is 12.6. The van der Waals surface area contributed by atoms with E-state index in [9.17, 15) is 9.50 Å². The number of halogens is 1. The fourth-order valence-corrected chi connectivity index (χ4v) is 1.86. The molecule has 0 aliphatic heterocycles. The van der Waals surface area contributed by atoms with Gasteiger partial charge in [0.15, 0.2) is 0 Å². The van der Waals surface area contributed by atoms with Crippen LogP contribution in [0, 0.1) is 5.82 Å². The lowest BCUT2D eigenvalue weighted by molar-refractivity contribution is 0.445. The van der Waals surface area contributed by atoms with Gasteiger partial charge in [-0.25, -0.2) is 4.39 Å². The van der Waals surface area contributed by atoms with Gasteiger partial charge in [-0.3, -0.25) is 0 Å². The van der Waals surface area contributed by atoms with Crippen molar-refractivity contribution in [1.29, 1.82) is 0 Å². The predicted octanol–water partition coefficient (Wildman–Crippen LogP) is 3.76. The fraction of sp³-hybridized carbons (Fsp3) is 0.571. The third kappa shape index (κ3) is 4.73. The number of aromatic hydroxyl groups is 1. The maximum atomic E-state index is 12.8. The van der Waals surface area contributed by atoms with E-state index in [1.807, 2.05) is 6.92 Å². The number of benzene rings is 1. The summed E-state index contributed by atoms with van der Waals surface area (Å²) in [7, 11) is 0. The van der Waals surface area contributed by atoms with Gasteiger partial charge in [-0.1, -0.05) is 32.3 Å². The lowest BCUT2D eigenvalue weighted by Gasteiger charge is -2.15. The van der Waals surface area contributed by atoms with Crippen LogP contribution in [-0.2, 0) is 0 Å². The summed E-state index contributed by atoms with van der Waals surface area (Å²) >= 11 is 0. The summed E-state index contributed by atoms with van der Waals surface area (Å²) in [4.78, 5) is 0. The molecule has 0 aliphatic carbocycles. The highest BCUT2D eigenvalue weighted by Gasteiger charge is 2.09. The highest BCUT2D eigenvalue weighted by molar-refractivity contribution is 5.34. The van der Waals surface area contributed by atoms with Gasteiger partial charge >= 0.3 is 0 Å². The van der Waals surface area contributed by atoms with Gasteiger partial charge in [0.2, 0.25) is 0 Å². The van der Waals surface area contributed by atoms with Gasteiger partial charge < -0.3 is 10.4 Å². The Morgan fingerprint density at radius 2 is 2.06 bits per heavy atom. The van der Waals surface area contributed by atoms with Gasteiger partial charge in [0, 0.05) is 17.7 Å². The molecule has 2 N–H and O–H groups in total. The fourth-order valence-electron chi connectivity index (χ4n) is 1.86. The second-order valence-electron chi connectivity index (χ2n) is 4.44. The molecule has 96 valence electrons. The van der Waals surface area contributed by atoms with Crippen LogP contribution < -0.4 is 5.32 Å². The largest absolute Gasteiger partial charge is 0.508 e. The Balaban J connectivity index is 2.38. The van der Waals surface area contributed by atoms with Gasteiger partial charge in [0.25, 0.3) is 0 Å². The molecule has 17 heavy (non-hydrogen) atoms. The first-order chi connectivity index (χ1) is 8.15. The van der Waals surface area contributed by atoms with Gasteiger partial charge in [0.1, 0.15) is 11.6 Å². The summed E-state index contributed by atoms with van der Waals surface area (Å²) in [5, 5.41) is 13.0. The van der Waals surface area contributed by atoms with E-state index in [0.717, 1.165) is 24.6 Å². The molecule has 0 spiro atoms. The number of hydrogen-bond acceptors (Lipinski definition) is 2. The maximum absolute atomic E-state index is 12.8. The molecule has 1 aromatic rings. The number of nitrogens with one attached hydrogen (secondary N) is 1. The molecule has 0 heterocycles. The summed E-state index contributed by atoms with van der Waals surface area (Å²) < 4.78 is 12.8. The Morgan fingerprint density at radius 1 is 1.29 bits per heavy atom. The minimum absolute atomic E-state index is 0.0264. The monoisotopic (exact) mass is 239 g/mol.